The van der Waals surface area contributed by atoms with E-state index < -0.39 is 5.97 Å². The second-order valence-corrected chi connectivity index (χ2v) is 5.82. The van der Waals surface area contributed by atoms with Crippen molar-refractivity contribution in [2.75, 3.05) is 7.11 Å². The average Bonchev–Trinajstić information content (AvgIpc) is 2.86. The van der Waals surface area contributed by atoms with Crippen molar-refractivity contribution in [3.8, 4) is 22.1 Å². The number of methoxy groups -OCH3 is 1. The lowest BCUT2D eigenvalue weighted by Crippen LogP contribution is -1.97. The quantitative estimate of drug-likeness (QED) is 0.874. The fourth-order valence-corrected chi connectivity index (χ4v) is 3.16. The van der Waals surface area contributed by atoms with Crippen molar-refractivity contribution in [1.29, 1.82) is 0 Å². The Balaban J connectivity index is 2.57. The Morgan fingerprint density at radius 2 is 2.20 bits per heavy atom. The van der Waals surface area contributed by atoms with Crippen LogP contribution in [0.25, 0.3) is 10.6 Å². The van der Waals surface area contributed by atoms with Crippen molar-refractivity contribution in [2.24, 2.45) is 0 Å². The van der Waals surface area contributed by atoms with Crippen LogP contribution in [0, 0.1) is 0 Å². The summed E-state index contributed by atoms with van der Waals surface area (Å²) in [4.78, 5) is 15.8. The number of rotatable bonds is 4. The monoisotopic (exact) mass is 357 g/mol. The molecule has 0 saturated heterocycles. The molecule has 5 nitrogen and oxygen atoms in total. The smallest absolute Gasteiger partial charge is 0.347 e. The third-order valence-electron chi connectivity index (χ3n) is 2.72. The fraction of sp³-hybridized carbons (Fsp3) is 0.231. The third kappa shape index (κ3) is 2.64. The van der Waals surface area contributed by atoms with Crippen LogP contribution < -0.4 is 4.74 Å². The summed E-state index contributed by atoms with van der Waals surface area (Å²) in [6.07, 6.45) is 0.550. The molecule has 0 bridgehead atoms. The number of thiazole rings is 1. The number of nitrogens with zero attached hydrogens (tertiary/aromatic N) is 1. The Bertz CT molecular complexity index is 669. The predicted molar refractivity (Wildman–Crippen MR) is 79.8 cm³/mol. The summed E-state index contributed by atoms with van der Waals surface area (Å²) >= 11 is 4.35. The molecule has 7 heteroatoms. The van der Waals surface area contributed by atoms with Crippen LogP contribution in [0.5, 0.6) is 11.5 Å². The number of aromatic hydroxyl groups is 1. The molecule has 0 fully saturated rings. The number of aromatic carboxylic acids is 1. The zero-order valence-electron chi connectivity index (χ0n) is 10.8. The molecule has 0 aliphatic carbocycles. The minimum Gasteiger partial charge on any atom is -0.503 e. The average molecular weight is 358 g/mol. The molecule has 0 radical (unpaired) electrons. The number of hydrogen-bond donors (Lipinski definition) is 2. The Hall–Kier alpha value is -1.60. The van der Waals surface area contributed by atoms with Gasteiger partial charge in [0.05, 0.1) is 17.3 Å². The van der Waals surface area contributed by atoms with Gasteiger partial charge in [0.15, 0.2) is 11.5 Å². The van der Waals surface area contributed by atoms with Gasteiger partial charge in [0.1, 0.15) is 9.88 Å². The highest BCUT2D eigenvalue weighted by Gasteiger charge is 2.18. The second kappa shape index (κ2) is 5.80. The van der Waals surface area contributed by atoms with E-state index in [9.17, 15) is 9.90 Å². The molecule has 106 valence electrons. The lowest BCUT2D eigenvalue weighted by Gasteiger charge is -2.07. The standard InChI is InChI=1S/C13H12BrNO4S/c1-3-8-11(13(17)18)20-12(15-8)6-4-7(14)10(16)9(5-6)19-2/h4-5,16H,3H2,1-2H3,(H,17,18). The minimum atomic E-state index is -0.976. The van der Waals surface area contributed by atoms with Gasteiger partial charge in [0, 0.05) is 5.56 Å². The zero-order valence-corrected chi connectivity index (χ0v) is 13.2. The van der Waals surface area contributed by atoms with Gasteiger partial charge in [-0.1, -0.05) is 6.92 Å². The number of ether oxygens (including phenoxy) is 1. The molecule has 0 unspecified atom stereocenters. The van der Waals surface area contributed by atoms with Crippen molar-refractivity contribution < 1.29 is 19.7 Å². The lowest BCUT2D eigenvalue weighted by molar-refractivity contribution is 0.0701. The van der Waals surface area contributed by atoms with Crippen LogP contribution in [0.3, 0.4) is 0 Å². The summed E-state index contributed by atoms with van der Waals surface area (Å²) in [5.74, 6) is -0.670. The molecule has 0 amide bonds. The summed E-state index contributed by atoms with van der Waals surface area (Å²) in [7, 11) is 1.45. The first-order valence-corrected chi connectivity index (χ1v) is 7.38. The van der Waals surface area contributed by atoms with Gasteiger partial charge in [-0.15, -0.1) is 11.3 Å². The second-order valence-electron chi connectivity index (χ2n) is 3.96. The first-order chi connectivity index (χ1) is 9.47. The molecular weight excluding hydrogens is 346 g/mol. The highest BCUT2D eigenvalue weighted by atomic mass is 79.9. The van der Waals surface area contributed by atoms with Crippen LogP contribution >= 0.6 is 27.3 Å². The number of carboxylic acids is 1. The van der Waals surface area contributed by atoms with Gasteiger partial charge in [-0.25, -0.2) is 9.78 Å². The summed E-state index contributed by atoms with van der Waals surface area (Å²) in [6, 6.07) is 3.31. The zero-order chi connectivity index (χ0) is 14.9. The van der Waals surface area contributed by atoms with E-state index in [-0.39, 0.29) is 10.6 Å². The van der Waals surface area contributed by atoms with E-state index in [4.69, 9.17) is 9.84 Å². The van der Waals surface area contributed by atoms with Gasteiger partial charge in [0.2, 0.25) is 0 Å². The van der Waals surface area contributed by atoms with Crippen molar-refractivity contribution in [2.45, 2.75) is 13.3 Å². The van der Waals surface area contributed by atoms with Gasteiger partial charge in [-0.2, -0.15) is 0 Å². The number of benzene rings is 1. The number of phenolic OH excluding ortho intramolecular Hbond substituents is 1. The van der Waals surface area contributed by atoms with Crippen LogP contribution in [-0.4, -0.2) is 28.3 Å². The molecule has 0 aliphatic heterocycles. The Kier molecular flexibility index (Phi) is 4.29. The lowest BCUT2D eigenvalue weighted by atomic mass is 10.2. The van der Waals surface area contributed by atoms with Gasteiger partial charge in [-0.05, 0) is 34.5 Å². The highest BCUT2D eigenvalue weighted by Crippen LogP contribution is 2.40. The first kappa shape index (κ1) is 14.8. The van der Waals surface area contributed by atoms with Crippen LogP contribution in [0.2, 0.25) is 0 Å². The van der Waals surface area contributed by atoms with Gasteiger partial charge in [0.25, 0.3) is 0 Å². The molecule has 1 aromatic heterocycles. The molecule has 0 saturated carbocycles. The Morgan fingerprint density at radius 1 is 1.50 bits per heavy atom. The molecule has 20 heavy (non-hydrogen) atoms. The maximum Gasteiger partial charge on any atom is 0.347 e. The third-order valence-corrected chi connectivity index (χ3v) is 4.46. The van der Waals surface area contributed by atoms with Crippen LogP contribution in [0.4, 0.5) is 0 Å². The normalized spacial score (nSPS) is 10.6. The van der Waals surface area contributed by atoms with E-state index in [1.807, 2.05) is 6.92 Å². The molecule has 1 aromatic carbocycles. The summed E-state index contributed by atoms with van der Waals surface area (Å²) in [5.41, 5.74) is 1.25. The number of aryl methyl sites for hydroxylation is 1. The van der Waals surface area contributed by atoms with Crippen LogP contribution in [0.15, 0.2) is 16.6 Å². The van der Waals surface area contributed by atoms with Crippen molar-refractivity contribution >= 4 is 33.2 Å². The molecule has 0 spiro atoms. The first-order valence-electron chi connectivity index (χ1n) is 5.77. The number of carboxylic acid groups (broad SMARTS) is 1. The van der Waals surface area contributed by atoms with Gasteiger partial charge < -0.3 is 14.9 Å². The summed E-state index contributed by atoms with van der Waals surface area (Å²) in [6.45, 7) is 1.86. The molecule has 2 rings (SSSR count). The number of hydrogen-bond acceptors (Lipinski definition) is 5. The largest absolute Gasteiger partial charge is 0.503 e. The maximum atomic E-state index is 11.2. The Labute approximate surface area is 128 Å². The molecule has 0 atom stereocenters. The van der Waals surface area contributed by atoms with Crippen LogP contribution in [0.1, 0.15) is 22.3 Å². The van der Waals surface area contributed by atoms with Gasteiger partial charge in [-0.3, -0.25) is 0 Å². The van der Waals surface area contributed by atoms with Crippen molar-refractivity contribution in [1.82, 2.24) is 4.98 Å². The SMILES string of the molecule is CCc1nc(-c2cc(Br)c(O)c(OC)c2)sc1C(=O)O. The van der Waals surface area contributed by atoms with Gasteiger partial charge >= 0.3 is 5.97 Å². The molecule has 1 heterocycles. The van der Waals surface area contributed by atoms with Crippen LogP contribution in [-0.2, 0) is 6.42 Å². The minimum absolute atomic E-state index is 0.00183. The number of carbonyl (C=O) groups is 1. The molecule has 0 aliphatic rings. The molecular formula is C13H12BrNO4S. The van der Waals surface area contributed by atoms with E-state index in [1.54, 1.807) is 12.1 Å². The fourth-order valence-electron chi connectivity index (χ4n) is 1.73. The molecule has 2 aromatic rings. The molecule has 2 N–H and O–H groups in total. The van der Waals surface area contributed by atoms with E-state index >= 15 is 0 Å². The van der Waals surface area contributed by atoms with E-state index in [1.165, 1.54) is 7.11 Å². The number of aromatic nitrogens is 1. The van der Waals surface area contributed by atoms with Crippen molar-refractivity contribution in [3.05, 3.63) is 27.2 Å². The predicted octanol–water partition coefficient (Wildman–Crippen LogP) is 3.55. The maximum absolute atomic E-state index is 11.2. The summed E-state index contributed by atoms with van der Waals surface area (Å²) in [5, 5.41) is 19.5. The van der Waals surface area contributed by atoms with E-state index in [2.05, 4.69) is 20.9 Å². The Morgan fingerprint density at radius 3 is 2.70 bits per heavy atom. The highest BCUT2D eigenvalue weighted by molar-refractivity contribution is 9.10. The topological polar surface area (TPSA) is 79.7 Å². The van der Waals surface area contributed by atoms with E-state index in [0.29, 0.717) is 32.9 Å². The van der Waals surface area contributed by atoms with Crippen molar-refractivity contribution in [3.63, 3.8) is 0 Å². The van der Waals surface area contributed by atoms with E-state index in [0.717, 1.165) is 11.3 Å². The summed E-state index contributed by atoms with van der Waals surface area (Å²) < 4.78 is 5.55. The number of phenols is 1. The number of halogens is 1.